The molecule has 0 aliphatic heterocycles. The number of Topliss-reactive ketones (excluding diaryl/α,β-unsaturated/α-hetero) is 1. The first-order chi connectivity index (χ1) is 8.00. The molecule has 4 unspecified atom stereocenters. The Balaban J connectivity index is 2.33. The van der Waals surface area contributed by atoms with Crippen LogP contribution in [0.4, 0.5) is 0 Å². The van der Waals surface area contributed by atoms with Crippen molar-refractivity contribution in [3.05, 3.63) is 12.7 Å². The molecule has 5 atom stereocenters. The summed E-state index contributed by atoms with van der Waals surface area (Å²) >= 11 is 0. The number of ketones is 1. The highest BCUT2D eigenvalue weighted by atomic mass is 16.1. The average Bonchev–Trinajstić information content (AvgIpc) is 2.28. The molecule has 0 heterocycles. The van der Waals surface area contributed by atoms with Gasteiger partial charge in [0.25, 0.3) is 0 Å². The quantitative estimate of drug-likeness (QED) is 0.653. The molecule has 0 N–H and O–H groups in total. The Hall–Kier alpha value is -0.590. The number of carbonyl (C=O) groups excluding carboxylic acids is 1. The lowest BCUT2D eigenvalue weighted by Gasteiger charge is -2.54. The van der Waals surface area contributed by atoms with Gasteiger partial charge in [-0.25, -0.2) is 0 Å². The van der Waals surface area contributed by atoms with Gasteiger partial charge in [0, 0.05) is 12.3 Å². The zero-order valence-electron chi connectivity index (χ0n) is 11.5. The zero-order valence-corrected chi connectivity index (χ0v) is 11.5. The van der Waals surface area contributed by atoms with Crippen LogP contribution in [0.2, 0.25) is 0 Å². The molecule has 0 amide bonds. The Kier molecular flexibility index (Phi) is 3.47. The Labute approximate surface area is 106 Å². The summed E-state index contributed by atoms with van der Waals surface area (Å²) in [7, 11) is 0. The number of fused-ring (bicyclic) bond motifs is 1. The number of carbonyl (C=O) groups is 1. The lowest BCUT2D eigenvalue weighted by molar-refractivity contribution is -0.140. The van der Waals surface area contributed by atoms with Crippen LogP contribution in [0, 0.1) is 29.1 Å². The van der Waals surface area contributed by atoms with E-state index < -0.39 is 0 Å². The molecule has 0 aromatic heterocycles. The third-order valence-corrected chi connectivity index (χ3v) is 5.71. The van der Waals surface area contributed by atoms with Crippen molar-refractivity contribution < 1.29 is 4.79 Å². The van der Waals surface area contributed by atoms with Gasteiger partial charge < -0.3 is 0 Å². The van der Waals surface area contributed by atoms with Crippen molar-refractivity contribution in [3.63, 3.8) is 0 Å². The molecule has 1 nitrogen and oxygen atoms in total. The van der Waals surface area contributed by atoms with Crippen LogP contribution in [0.5, 0.6) is 0 Å². The van der Waals surface area contributed by atoms with E-state index in [2.05, 4.69) is 27.4 Å². The lowest BCUT2D eigenvalue weighted by atomic mass is 9.49. The van der Waals surface area contributed by atoms with Crippen molar-refractivity contribution in [1.29, 1.82) is 0 Å². The summed E-state index contributed by atoms with van der Waals surface area (Å²) in [5.74, 6) is 2.59. The van der Waals surface area contributed by atoms with E-state index in [4.69, 9.17) is 0 Å². The molecule has 0 bridgehead atoms. The zero-order chi connectivity index (χ0) is 12.6. The van der Waals surface area contributed by atoms with Crippen LogP contribution in [-0.2, 0) is 4.79 Å². The van der Waals surface area contributed by atoms with E-state index >= 15 is 0 Å². The van der Waals surface area contributed by atoms with Gasteiger partial charge in [-0.15, -0.1) is 6.58 Å². The second-order valence-corrected chi connectivity index (χ2v) is 6.57. The fraction of sp³-hybridized carbons (Fsp3) is 0.812. The summed E-state index contributed by atoms with van der Waals surface area (Å²) in [5, 5.41) is 0. The van der Waals surface area contributed by atoms with Crippen LogP contribution in [-0.4, -0.2) is 5.78 Å². The molecule has 96 valence electrons. The fourth-order valence-electron chi connectivity index (χ4n) is 4.59. The standard InChI is InChI=1S/C16H26O/c1-5-7-13-12(3)15(17)10-14-11(2)8-6-9-16(13,14)4/h5,11-14H,1,6-10H2,2-4H3/t11?,12?,13-,14?,16?/m0/s1. The van der Waals surface area contributed by atoms with E-state index in [-0.39, 0.29) is 5.92 Å². The van der Waals surface area contributed by atoms with Gasteiger partial charge in [0.2, 0.25) is 0 Å². The van der Waals surface area contributed by atoms with Gasteiger partial charge in [-0.3, -0.25) is 4.79 Å². The predicted octanol–water partition coefficient (Wildman–Crippen LogP) is 4.23. The van der Waals surface area contributed by atoms with Crippen molar-refractivity contribution in [1.82, 2.24) is 0 Å². The third-order valence-electron chi connectivity index (χ3n) is 5.71. The highest BCUT2D eigenvalue weighted by Gasteiger charge is 2.52. The molecule has 2 aliphatic carbocycles. The summed E-state index contributed by atoms with van der Waals surface area (Å²) in [4.78, 5) is 12.2. The van der Waals surface area contributed by atoms with Gasteiger partial charge in [0.05, 0.1) is 0 Å². The van der Waals surface area contributed by atoms with E-state index in [1.165, 1.54) is 19.3 Å². The molecule has 0 aromatic carbocycles. The smallest absolute Gasteiger partial charge is 0.136 e. The Morgan fingerprint density at radius 2 is 2.18 bits per heavy atom. The summed E-state index contributed by atoms with van der Waals surface area (Å²) in [6.07, 6.45) is 7.80. The highest BCUT2D eigenvalue weighted by molar-refractivity contribution is 5.82. The van der Waals surface area contributed by atoms with E-state index in [0.29, 0.717) is 23.0 Å². The maximum absolute atomic E-state index is 12.2. The molecule has 0 aromatic rings. The van der Waals surface area contributed by atoms with E-state index in [0.717, 1.165) is 18.8 Å². The van der Waals surface area contributed by atoms with Crippen LogP contribution in [0.3, 0.4) is 0 Å². The minimum absolute atomic E-state index is 0.236. The SMILES string of the molecule is C=CC[C@H]1C(C)C(=O)CC2C(C)CCCC21C. The van der Waals surface area contributed by atoms with Crippen molar-refractivity contribution in [2.75, 3.05) is 0 Å². The Morgan fingerprint density at radius 3 is 2.82 bits per heavy atom. The molecule has 17 heavy (non-hydrogen) atoms. The first-order valence-electron chi connectivity index (χ1n) is 7.14. The minimum atomic E-state index is 0.236. The van der Waals surface area contributed by atoms with Gasteiger partial charge in [-0.1, -0.05) is 39.7 Å². The number of hydrogen-bond donors (Lipinski definition) is 0. The Bertz CT molecular complexity index is 319. The van der Waals surface area contributed by atoms with Gasteiger partial charge in [-0.05, 0) is 36.0 Å². The minimum Gasteiger partial charge on any atom is -0.299 e. The van der Waals surface area contributed by atoms with Crippen molar-refractivity contribution in [2.45, 2.75) is 52.9 Å². The van der Waals surface area contributed by atoms with Crippen LogP contribution in [0.25, 0.3) is 0 Å². The topological polar surface area (TPSA) is 17.1 Å². The van der Waals surface area contributed by atoms with E-state index in [1.807, 2.05) is 6.08 Å². The normalized spacial score (nSPS) is 46.4. The average molecular weight is 234 g/mol. The van der Waals surface area contributed by atoms with E-state index in [1.54, 1.807) is 0 Å². The van der Waals surface area contributed by atoms with Crippen LogP contribution in [0.15, 0.2) is 12.7 Å². The molecule has 2 aliphatic rings. The van der Waals surface area contributed by atoms with Gasteiger partial charge in [0.15, 0.2) is 0 Å². The number of hydrogen-bond acceptors (Lipinski definition) is 1. The van der Waals surface area contributed by atoms with Crippen LogP contribution in [0.1, 0.15) is 52.9 Å². The van der Waals surface area contributed by atoms with Crippen LogP contribution >= 0.6 is 0 Å². The molecule has 2 fully saturated rings. The fourth-order valence-corrected chi connectivity index (χ4v) is 4.59. The summed E-state index contributed by atoms with van der Waals surface area (Å²) < 4.78 is 0. The van der Waals surface area contributed by atoms with Crippen molar-refractivity contribution >= 4 is 5.78 Å². The van der Waals surface area contributed by atoms with Gasteiger partial charge in [0.1, 0.15) is 5.78 Å². The Morgan fingerprint density at radius 1 is 1.47 bits per heavy atom. The van der Waals surface area contributed by atoms with E-state index in [9.17, 15) is 4.79 Å². The van der Waals surface area contributed by atoms with Crippen LogP contribution < -0.4 is 0 Å². The first kappa shape index (κ1) is 12.9. The monoisotopic (exact) mass is 234 g/mol. The second kappa shape index (κ2) is 4.59. The van der Waals surface area contributed by atoms with Crippen molar-refractivity contribution in [3.8, 4) is 0 Å². The van der Waals surface area contributed by atoms with Gasteiger partial charge >= 0.3 is 0 Å². The largest absolute Gasteiger partial charge is 0.299 e. The summed E-state index contributed by atoms with van der Waals surface area (Å²) in [6.45, 7) is 10.8. The number of allylic oxidation sites excluding steroid dienone is 1. The number of rotatable bonds is 2. The maximum atomic E-state index is 12.2. The molecule has 1 heteroatoms. The molecule has 2 saturated carbocycles. The molecule has 2 rings (SSSR count). The summed E-state index contributed by atoms with van der Waals surface area (Å²) in [6, 6.07) is 0. The highest BCUT2D eigenvalue weighted by Crippen LogP contribution is 2.56. The molecule has 0 radical (unpaired) electrons. The summed E-state index contributed by atoms with van der Waals surface area (Å²) in [5.41, 5.74) is 0.374. The second-order valence-electron chi connectivity index (χ2n) is 6.57. The van der Waals surface area contributed by atoms with Crippen molar-refractivity contribution in [2.24, 2.45) is 29.1 Å². The predicted molar refractivity (Wildman–Crippen MR) is 71.7 cm³/mol. The molecule has 0 saturated heterocycles. The lowest BCUT2D eigenvalue weighted by Crippen LogP contribution is -2.50. The van der Waals surface area contributed by atoms with Gasteiger partial charge in [-0.2, -0.15) is 0 Å². The first-order valence-corrected chi connectivity index (χ1v) is 7.14. The molecule has 0 spiro atoms. The molecular weight excluding hydrogens is 208 g/mol. The molecular formula is C16H26O. The third kappa shape index (κ3) is 1.98. The maximum Gasteiger partial charge on any atom is 0.136 e.